The smallest absolute Gasteiger partial charge is 0.269 e. The Kier molecular flexibility index (Phi) is 3.03. The third kappa shape index (κ3) is 2.13. The van der Waals surface area contributed by atoms with Crippen LogP contribution in [0.1, 0.15) is 51.3 Å². The molecular formula is C17H21BrN4O. The molecule has 4 aliphatic rings. The van der Waals surface area contributed by atoms with Crippen molar-refractivity contribution >= 4 is 15.9 Å². The van der Waals surface area contributed by atoms with Crippen molar-refractivity contribution in [3.8, 4) is 11.6 Å². The summed E-state index contributed by atoms with van der Waals surface area (Å²) in [4.78, 5) is 0. The molecule has 0 N–H and O–H groups in total. The molecular weight excluding hydrogens is 356 g/mol. The van der Waals surface area contributed by atoms with Gasteiger partial charge in [0.15, 0.2) is 5.69 Å². The molecule has 23 heavy (non-hydrogen) atoms. The minimum absolute atomic E-state index is 0.153. The molecule has 2 aromatic rings. The summed E-state index contributed by atoms with van der Waals surface area (Å²) in [6, 6.07) is 0. The van der Waals surface area contributed by atoms with Crippen LogP contribution in [-0.4, -0.2) is 20.0 Å². The van der Waals surface area contributed by atoms with Crippen LogP contribution in [0.2, 0.25) is 0 Å². The van der Waals surface area contributed by atoms with Gasteiger partial charge in [-0.15, -0.1) is 10.2 Å². The third-order valence-electron chi connectivity index (χ3n) is 6.16. The fourth-order valence-corrected chi connectivity index (χ4v) is 6.10. The van der Waals surface area contributed by atoms with Gasteiger partial charge in [0.05, 0.1) is 4.47 Å². The van der Waals surface area contributed by atoms with Gasteiger partial charge in [-0.05, 0) is 79.1 Å². The lowest BCUT2D eigenvalue weighted by Crippen LogP contribution is -2.48. The summed E-state index contributed by atoms with van der Waals surface area (Å²) in [6.45, 7) is 2.90. The van der Waals surface area contributed by atoms with Gasteiger partial charge in [-0.1, -0.05) is 0 Å². The lowest BCUT2D eigenvalue weighted by molar-refractivity contribution is -0.0176. The molecule has 5 nitrogen and oxygen atoms in total. The van der Waals surface area contributed by atoms with Crippen LogP contribution >= 0.6 is 15.9 Å². The lowest BCUT2D eigenvalue weighted by Gasteiger charge is -2.55. The maximum absolute atomic E-state index is 6.17. The standard InChI is InChI=1S/C17H21BrN4O/c1-2-22-9-13(18)14(21-22)15-19-20-16(23-15)17-6-10-3-11(7-17)5-12(4-10)8-17/h9-12H,2-8H2,1H3. The Morgan fingerprint density at radius 1 is 1.17 bits per heavy atom. The first-order valence-electron chi connectivity index (χ1n) is 8.72. The molecule has 0 spiro atoms. The predicted octanol–water partition coefficient (Wildman–Crippen LogP) is 4.18. The highest BCUT2D eigenvalue weighted by molar-refractivity contribution is 9.10. The Balaban J connectivity index is 1.51. The molecule has 0 aromatic carbocycles. The van der Waals surface area contributed by atoms with Gasteiger partial charge in [-0.2, -0.15) is 5.10 Å². The van der Waals surface area contributed by atoms with Gasteiger partial charge < -0.3 is 4.42 Å². The highest BCUT2D eigenvalue weighted by Gasteiger charge is 2.54. The Morgan fingerprint density at radius 3 is 2.39 bits per heavy atom. The van der Waals surface area contributed by atoms with Gasteiger partial charge in [0.25, 0.3) is 5.89 Å². The Morgan fingerprint density at radius 2 is 1.83 bits per heavy atom. The third-order valence-corrected chi connectivity index (χ3v) is 6.74. The quantitative estimate of drug-likeness (QED) is 0.805. The average Bonchev–Trinajstić information content (AvgIpc) is 3.12. The summed E-state index contributed by atoms with van der Waals surface area (Å²) in [6.07, 6.45) is 9.96. The summed E-state index contributed by atoms with van der Waals surface area (Å²) >= 11 is 3.56. The number of hydrogen-bond acceptors (Lipinski definition) is 4. The number of aromatic nitrogens is 4. The van der Waals surface area contributed by atoms with Crippen molar-refractivity contribution in [2.24, 2.45) is 17.8 Å². The van der Waals surface area contributed by atoms with Gasteiger partial charge in [0.2, 0.25) is 5.89 Å². The summed E-state index contributed by atoms with van der Waals surface area (Å²) in [5.41, 5.74) is 0.912. The largest absolute Gasteiger partial charge is 0.419 e. The van der Waals surface area contributed by atoms with E-state index in [9.17, 15) is 0 Å². The topological polar surface area (TPSA) is 56.7 Å². The van der Waals surface area contributed by atoms with Crippen molar-refractivity contribution < 1.29 is 4.42 Å². The van der Waals surface area contributed by atoms with Gasteiger partial charge >= 0.3 is 0 Å². The van der Waals surface area contributed by atoms with Crippen LogP contribution in [0.3, 0.4) is 0 Å². The molecule has 122 valence electrons. The van der Waals surface area contributed by atoms with Crippen LogP contribution in [-0.2, 0) is 12.0 Å². The van der Waals surface area contributed by atoms with Crippen molar-refractivity contribution in [3.63, 3.8) is 0 Å². The summed E-state index contributed by atoms with van der Waals surface area (Å²) in [7, 11) is 0. The van der Waals surface area contributed by atoms with Crippen molar-refractivity contribution in [1.82, 2.24) is 20.0 Å². The molecule has 0 aliphatic heterocycles. The second-order valence-electron chi connectivity index (χ2n) is 7.79. The van der Waals surface area contributed by atoms with Gasteiger partial charge in [-0.25, -0.2) is 0 Å². The number of aryl methyl sites for hydroxylation is 1. The average molecular weight is 377 g/mol. The van der Waals surface area contributed by atoms with E-state index in [2.05, 4.69) is 38.1 Å². The first-order valence-corrected chi connectivity index (χ1v) is 9.52. The minimum Gasteiger partial charge on any atom is -0.419 e. The molecule has 6 heteroatoms. The number of rotatable bonds is 3. The predicted molar refractivity (Wildman–Crippen MR) is 88.7 cm³/mol. The minimum atomic E-state index is 0.153. The zero-order chi connectivity index (χ0) is 15.6. The zero-order valence-electron chi connectivity index (χ0n) is 13.3. The maximum Gasteiger partial charge on any atom is 0.269 e. The molecule has 4 fully saturated rings. The van der Waals surface area contributed by atoms with E-state index in [-0.39, 0.29) is 5.41 Å². The van der Waals surface area contributed by atoms with Crippen molar-refractivity contribution in [2.45, 2.75) is 57.4 Å². The number of halogens is 1. The Hall–Kier alpha value is -1.17. The molecule has 2 aromatic heterocycles. The molecule has 0 saturated heterocycles. The second kappa shape index (κ2) is 4.91. The highest BCUT2D eigenvalue weighted by Crippen LogP contribution is 2.60. The van der Waals surface area contributed by atoms with Crippen molar-refractivity contribution in [1.29, 1.82) is 0 Å². The fraction of sp³-hybridized carbons (Fsp3) is 0.706. The normalized spacial score (nSPS) is 35.1. The zero-order valence-corrected chi connectivity index (χ0v) is 14.9. The van der Waals surface area contributed by atoms with E-state index in [1.165, 1.54) is 38.5 Å². The lowest BCUT2D eigenvalue weighted by atomic mass is 9.49. The van der Waals surface area contributed by atoms with Crippen molar-refractivity contribution in [3.05, 3.63) is 16.6 Å². The summed E-state index contributed by atoms with van der Waals surface area (Å²) < 4.78 is 8.96. The number of hydrogen-bond donors (Lipinski definition) is 0. The first-order chi connectivity index (χ1) is 11.1. The molecule has 4 aliphatic carbocycles. The number of nitrogens with zero attached hydrogens (tertiary/aromatic N) is 4. The molecule has 2 heterocycles. The van der Waals surface area contributed by atoms with Crippen LogP contribution in [0.15, 0.2) is 15.1 Å². The van der Waals surface area contributed by atoms with E-state index in [4.69, 9.17) is 4.42 Å². The molecule has 0 radical (unpaired) electrons. The van der Waals surface area contributed by atoms with Crippen LogP contribution in [0, 0.1) is 17.8 Å². The van der Waals surface area contributed by atoms with Crippen LogP contribution in [0.25, 0.3) is 11.6 Å². The molecule has 6 rings (SSSR count). The molecule has 0 unspecified atom stereocenters. The highest BCUT2D eigenvalue weighted by atomic mass is 79.9. The Bertz CT molecular complexity index is 714. The monoisotopic (exact) mass is 376 g/mol. The van der Waals surface area contributed by atoms with Crippen LogP contribution in [0.5, 0.6) is 0 Å². The molecule has 0 amide bonds. The van der Waals surface area contributed by atoms with Gasteiger partial charge in [0.1, 0.15) is 0 Å². The van der Waals surface area contributed by atoms with E-state index in [1.807, 2.05) is 10.9 Å². The van der Waals surface area contributed by atoms with Crippen molar-refractivity contribution in [2.75, 3.05) is 0 Å². The summed E-state index contributed by atoms with van der Waals surface area (Å²) in [5, 5.41) is 13.3. The second-order valence-corrected chi connectivity index (χ2v) is 8.65. The van der Waals surface area contributed by atoms with E-state index in [0.29, 0.717) is 5.89 Å². The SMILES string of the molecule is CCn1cc(Br)c(-c2nnc(C34CC5CC(CC(C5)C3)C4)o2)n1. The van der Waals surface area contributed by atoms with Crippen LogP contribution < -0.4 is 0 Å². The molecule has 0 atom stereocenters. The molecule has 4 saturated carbocycles. The van der Waals surface area contributed by atoms with E-state index < -0.39 is 0 Å². The van der Waals surface area contributed by atoms with E-state index in [0.717, 1.165) is 40.4 Å². The Labute approximate surface area is 144 Å². The first kappa shape index (κ1) is 14.2. The molecule has 4 bridgehead atoms. The van der Waals surface area contributed by atoms with Crippen LogP contribution in [0.4, 0.5) is 0 Å². The summed E-state index contributed by atoms with van der Waals surface area (Å²) in [5.74, 6) is 4.05. The fourth-order valence-electron chi connectivity index (χ4n) is 5.61. The maximum atomic E-state index is 6.17. The van der Waals surface area contributed by atoms with Gasteiger partial charge in [-0.3, -0.25) is 4.68 Å². The van der Waals surface area contributed by atoms with E-state index in [1.54, 1.807) is 0 Å². The van der Waals surface area contributed by atoms with E-state index >= 15 is 0 Å². The van der Waals surface area contributed by atoms with Gasteiger partial charge in [0, 0.05) is 18.2 Å².